The van der Waals surface area contributed by atoms with Gasteiger partial charge in [0, 0.05) is 12.2 Å². The lowest BCUT2D eigenvalue weighted by atomic mass is 9.68. The normalized spacial score (nSPS) is 18.8. The number of hydrogen-bond donors (Lipinski definition) is 2. The van der Waals surface area contributed by atoms with Crippen molar-refractivity contribution >= 4 is 11.6 Å². The van der Waals surface area contributed by atoms with E-state index in [0.29, 0.717) is 36.0 Å². The van der Waals surface area contributed by atoms with Crippen molar-refractivity contribution in [2.24, 2.45) is 17.1 Å². The molecule has 0 radical (unpaired) electrons. The third kappa shape index (κ3) is 6.49. The molecule has 2 aromatic carbocycles. The fourth-order valence-corrected chi connectivity index (χ4v) is 4.66. The molecule has 1 aliphatic carbocycles. The van der Waals surface area contributed by atoms with Gasteiger partial charge in [-0.2, -0.15) is 0 Å². The molecule has 3 N–H and O–H groups in total. The Hall–Kier alpha value is -2.53. The maximum absolute atomic E-state index is 12.7. The second-order valence-electron chi connectivity index (χ2n) is 9.89. The van der Waals surface area contributed by atoms with Crippen LogP contribution >= 0.6 is 0 Å². The highest BCUT2D eigenvalue weighted by Crippen LogP contribution is 2.43. The Balaban J connectivity index is 1.59. The smallest absolute Gasteiger partial charge is 0.228 e. The molecule has 1 aliphatic rings. The Labute approximate surface area is 192 Å². The molecule has 3 rings (SSSR count). The van der Waals surface area contributed by atoms with Crippen molar-refractivity contribution in [3.63, 3.8) is 0 Å². The summed E-state index contributed by atoms with van der Waals surface area (Å²) >= 11 is 0. The van der Waals surface area contributed by atoms with Gasteiger partial charge in [-0.1, -0.05) is 39.0 Å². The van der Waals surface area contributed by atoms with Crippen molar-refractivity contribution in [3.8, 4) is 11.5 Å². The third-order valence-electron chi connectivity index (χ3n) is 6.56. The van der Waals surface area contributed by atoms with Gasteiger partial charge in [-0.3, -0.25) is 4.79 Å². The topological polar surface area (TPSA) is 73.6 Å². The van der Waals surface area contributed by atoms with Gasteiger partial charge < -0.3 is 20.5 Å². The lowest BCUT2D eigenvalue weighted by Crippen LogP contribution is -2.25. The highest BCUT2D eigenvalue weighted by atomic mass is 16.5. The van der Waals surface area contributed by atoms with Crippen LogP contribution in [0.4, 0.5) is 5.69 Å². The van der Waals surface area contributed by atoms with Crippen molar-refractivity contribution in [1.82, 2.24) is 0 Å². The number of carbonyl (C=O) groups is 1. The Bertz CT molecular complexity index is 896. The number of benzene rings is 2. The molecule has 32 heavy (non-hydrogen) atoms. The van der Waals surface area contributed by atoms with E-state index < -0.39 is 0 Å². The molecule has 0 saturated heterocycles. The van der Waals surface area contributed by atoms with Gasteiger partial charge in [-0.15, -0.1) is 0 Å². The Morgan fingerprint density at radius 1 is 1.06 bits per heavy atom. The van der Waals surface area contributed by atoms with E-state index in [4.69, 9.17) is 15.2 Å². The van der Waals surface area contributed by atoms with Gasteiger partial charge in [-0.25, -0.2) is 0 Å². The lowest BCUT2D eigenvalue weighted by molar-refractivity contribution is -0.115. The second kappa shape index (κ2) is 10.9. The van der Waals surface area contributed by atoms with Crippen LogP contribution in [0.3, 0.4) is 0 Å². The highest BCUT2D eigenvalue weighted by molar-refractivity contribution is 5.92. The number of hydrogen-bond acceptors (Lipinski definition) is 4. The standard InChI is InChI=1S/C27H38N2O3/c1-27(2,3)22-11-9-20(10-12-22)21-6-5-7-23(18-21)29-26(30)17-19-8-13-24(32-15-14-28)25(16-19)31-4/h5-8,13,16,18,20,22H,9-12,14-15,17,28H2,1-4H3,(H,29,30)/t20-,22+. The van der Waals surface area contributed by atoms with Gasteiger partial charge in [-0.05, 0) is 78.3 Å². The molecule has 2 aromatic rings. The quantitative estimate of drug-likeness (QED) is 0.568. The molecule has 0 atom stereocenters. The van der Waals surface area contributed by atoms with Gasteiger partial charge >= 0.3 is 0 Å². The average Bonchev–Trinajstić information content (AvgIpc) is 2.77. The molecule has 1 saturated carbocycles. The first kappa shape index (κ1) is 24.1. The highest BCUT2D eigenvalue weighted by Gasteiger charge is 2.30. The molecule has 5 nitrogen and oxygen atoms in total. The summed E-state index contributed by atoms with van der Waals surface area (Å²) in [6, 6.07) is 13.9. The number of anilines is 1. The van der Waals surface area contributed by atoms with Crippen molar-refractivity contribution in [3.05, 3.63) is 53.6 Å². The maximum atomic E-state index is 12.7. The molecule has 0 spiro atoms. The van der Waals surface area contributed by atoms with E-state index >= 15 is 0 Å². The first-order valence-corrected chi connectivity index (χ1v) is 11.7. The minimum Gasteiger partial charge on any atom is -0.493 e. The zero-order valence-corrected chi connectivity index (χ0v) is 19.9. The molecule has 1 fully saturated rings. The molecule has 0 aromatic heterocycles. The van der Waals surface area contributed by atoms with Gasteiger partial charge in [0.15, 0.2) is 11.5 Å². The molecule has 174 valence electrons. The maximum Gasteiger partial charge on any atom is 0.228 e. The fraction of sp³-hybridized carbons (Fsp3) is 0.519. The number of nitrogens with one attached hydrogen (secondary N) is 1. The van der Waals surface area contributed by atoms with Crippen molar-refractivity contribution in [2.45, 2.75) is 58.8 Å². The van der Waals surface area contributed by atoms with Crippen molar-refractivity contribution < 1.29 is 14.3 Å². The number of rotatable bonds is 8. The number of carbonyl (C=O) groups excluding carboxylic acids is 1. The van der Waals surface area contributed by atoms with Crippen molar-refractivity contribution in [2.75, 3.05) is 25.6 Å². The van der Waals surface area contributed by atoms with E-state index in [2.05, 4.69) is 38.2 Å². The summed E-state index contributed by atoms with van der Waals surface area (Å²) in [4.78, 5) is 12.7. The summed E-state index contributed by atoms with van der Waals surface area (Å²) < 4.78 is 11.0. The molecular weight excluding hydrogens is 400 g/mol. The summed E-state index contributed by atoms with van der Waals surface area (Å²) in [6.07, 6.45) is 5.26. The molecule has 1 amide bonds. The van der Waals surface area contributed by atoms with Gasteiger partial charge in [0.1, 0.15) is 6.61 Å². The zero-order chi connectivity index (χ0) is 23.1. The predicted octanol–water partition coefficient (Wildman–Crippen LogP) is 5.53. The SMILES string of the molecule is COc1cc(CC(=O)Nc2cccc([C@H]3CC[C@@H](C(C)(C)C)CC3)c2)ccc1OCCN. The van der Waals surface area contributed by atoms with Gasteiger partial charge in [0.25, 0.3) is 0 Å². The largest absolute Gasteiger partial charge is 0.493 e. The minimum absolute atomic E-state index is 0.0451. The molecular formula is C27H38N2O3. The van der Waals surface area contributed by atoms with Gasteiger partial charge in [0.2, 0.25) is 5.91 Å². The van der Waals surface area contributed by atoms with E-state index in [-0.39, 0.29) is 12.3 Å². The first-order chi connectivity index (χ1) is 15.3. The Kier molecular flexibility index (Phi) is 8.19. The summed E-state index contributed by atoms with van der Waals surface area (Å²) in [6.45, 7) is 7.91. The monoisotopic (exact) mass is 438 g/mol. The average molecular weight is 439 g/mol. The first-order valence-electron chi connectivity index (χ1n) is 11.7. The van der Waals surface area contributed by atoms with Crippen molar-refractivity contribution in [1.29, 1.82) is 0 Å². The predicted molar refractivity (Wildman–Crippen MR) is 130 cm³/mol. The molecule has 0 heterocycles. The van der Waals surface area contributed by atoms with Crippen LogP contribution in [0, 0.1) is 11.3 Å². The molecule has 5 heteroatoms. The summed E-state index contributed by atoms with van der Waals surface area (Å²) in [7, 11) is 1.59. The number of amides is 1. The van der Waals surface area contributed by atoms with E-state index in [9.17, 15) is 4.79 Å². The molecule has 0 aliphatic heterocycles. The molecule has 0 unspecified atom stereocenters. The van der Waals surface area contributed by atoms with Crippen LogP contribution in [0.25, 0.3) is 0 Å². The van der Waals surface area contributed by atoms with Crippen LogP contribution in [0.15, 0.2) is 42.5 Å². The number of nitrogens with two attached hydrogens (primary N) is 1. The zero-order valence-electron chi connectivity index (χ0n) is 19.9. The molecule has 0 bridgehead atoms. The van der Waals surface area contributed by atoms with E-state index in [1.807, 2.05) is 30.3 Å². The summed E-state index contributed by atoms with van der Waals surface area (Å²) in [5.74, 6) is 2.57. The Morgan fingerprint density at radius 3 is 2.47 bits per heavy atom. The van der Waals surface area contributed by atoms with Crippen LogP contribution in [0.5, 0.6) is 11.5 Å². The van der Waals surface area contributed by atoms with Crippen LogP contribution in [-0.4, -0.2) is 26.2 Å². The van der Waals surface area contributed by atoms with Crippen LogP contribution in [0.2, 0.25) is 0 Å². The summed E-state index contributed by atoms with van der Waals surface area (Å²) in [5.41, 5.74) is 8.95. The Morgan fingerprint density at radius 2 is 1.81 bits per heavy atom. The van der Waals surface area contributed by atoms with Crippen LogP contribution in [0.1, 0.15) is 63.5 Å². The lowest BCUT2D eigenvalue weighted by Gasteiger charge is -2.37. The number of methoxy groups -OCH3 is 1. The fourth-order valence-electron chi connectivity index (χ4n) is 4.66. The van der Waals surface area contributed by atoms with E-state index in [1.54, 1.807) is 7.11 Å². The van der Waals surface area contributed by atoms with Gasteiger partial charge in [0.05, 0.1) is 13.5 Å². The van der Waals surface area contributed by atoms with Crippen LogP contribution in [-0.2, 0) is 11.2 Å². The summed E-state index contributed by atoms with van der Waals surface area (Å²) in [5, 5.41) is 3.06. The second-order valence-corrected chi connectivity index (χ2v) is 9.89. The van der Waals surface area contributed by atoms with Crippen LogP contribution < -0.4 is 20.5 Å². The van der Waals surface area contributed by atoms with E-state index in [0.717, 1.165) is 17.2 Å². The third-order valence-corrected chi connectivity index (χ3v) is 6.56. The van der Waals surface area contributed by atoms with E-state index in [1.165, 1.54) is 31.2 Å². The number of ether oxygens (including phenoxy) is 2. The minimum atomic E-state index is -0.0451.